The van der Waals surface area contributed by atoms with Crippen molar-refractivity contribution in [3.8, 4) is 6.07 Å². The zero-order chi connectivity index (χ0) is 13.0. The van der Waals surface area contributed by atoms with Crippen molar-refractivity contribution in [1.29, 1.82) is 5.26 Å². The van der Waals surface area contributed by atoms with Crippen LogP contribution in [0.15, 0.2) is 0 Å². The van der Waals surface area contributed by atoms with E-state index < -0.39 is 0 Å². The fourth-order valence-electron chi connectivity index (χ4n) is 2.33. The molecular formula is C14H20N2S2. The molecule has 18 heavy (non-hydrogen) atoms. The highest BCUT2D eigenvalue weighted by atomic mass is 32.2. The Morgan fingerprint density at radius 2 is 2.11 bits per heavy atom. The molecule has 1 saturated carbocycles. The first-order valence-electron chi connectivity index (χ1n) is 6.72. The van der Waals surface area contributed by atoms with Crippen molar-refractivity contribution in [2.24, 2.45) is 0 Å². The normalized spacial score (nSPS) is 17.0. The molecule has 0 N–H and O–H groups in total. The third kappa shape index (κ3) is 3.49. The summed E-state index contributed by atoms with van der Waals surface area (Å²) in [6, 6.07) is 2.28. The lowest BCUT2D eigenvalue weighted by molar-refractivity contribution is 0.516. The molecule has 0 amide bonds. The smallest absolute Gasteiger partial charge is 0.128 e. The van der Waals surface area contributed by atoms with Crippen molar-refractivity contribution in [2.75, 3.05) is 0 Å². The molecule has 0 atom stereocenters. The molecular weight excluding hydrogens is 260 g/mol. The third-order valence-electron chi connectivity index (χ3n) is 3.34. The third-order valence-corrected chi connectivity index (χ3v) is 5.88. The van der Waals surface area contributed by atoms with E-state index in [1.807, 2.05) is 11.8 Å². The first-order valence-corrected chi connectivity index (χ1v) is 8.58. The van der Waals surface area contributed by atoms with Gasteiger partial charge in [0.15, 0.2) is 0 Å². The van der Waals surface area contributed by atoms with Crippen LogP contribution in [0, 0.1) is 11.3 Å². The Kier molecular flexibility index (Phi) is 5.08. The molecule has 0 spiro atoms. The summed E-state index contributed by atoms with van der Waals surface area (Å²) in [5, 5.41) is 11.1. The van der Waals surface area contributed by atoms with Gasteiger partial charge < -0.3 is 0 Å². The second kappa shape index (κ2) is 6.58. The molecule has 0 bridgehead atoms. The second-order valence-electron chi connectivity index (χ2n) is 5.16. The van der Waals surface area contributed by atoms with Gasteiger partial charge in [-0.05, 0) is 18.8 Å². The van der Waals surface area contributed by atoms with Gasteiger partial charge in [-0.15, -0.1) is 11.3 Å². The van der Waals surface area contributed by atoms with Crippen LogP contribution in [0.2, 0.25) is 0 Å². The predicted molar refractivity (Wildman–Crippen MR) is 79.1 cm³/mol. The highest BCUT2D eigenvalue weighted by Crippen LogP contribution is 2.33. The molecule has 1 aromatic heterocycles. The van der Waals surface area contributed by atoms with Crippen LogP contribution >= 0.6 is 23.1 Å². The Hall–Kier alpha value is -0.530. The number of hydrogen-bond donors (Lipinski definition) is 0. The minimum Gasteiger partial charge on any atom is -0.244 e. The average molecular weight is 280 g/mol. The van der Waals surface area contributed by atoms with Gasteiger partial charge in [0.05, 0.1) is 5.69 Å². The minimum absolute atomic E-state index is 0.351. The molecule has 4 heteroatoms. The van der Waals surface area contributed by atoms with E-state index in [9.17, 15) is 0 Å². The van der Waals surface area contributed by atoms with Crippen molar-refractivity contribution in [2.45, 2.75) is 62.9 Å². The fourth-order valence-corrected chi connectivity index (χ4v) is 4.69. The molecule has 0 aromatic carbocycles. The van der Waals surface area contributed by atoms with Crippen LogP contribution in [-0.2, 0) is 5.75 Å². The molecule has 2 rings (SSSR count). The summed E-state index contributed by atoms with van der Waals surface area (Å²) < 4.78 is 0. The lowest BCUT2D eigenvalue weighted by Gasteiger charge is -2.20. The van der Waals surface area contributed by atoms with Crippen molar-refractivity contribution in [3.63, 3.8) is 0 Å². The van der Waals surface area contributed by atoms with Gasteiger partial charge in [-0.25, -0.2) is 4.98 Å². The largest absolute Gasteiger partial charge is 0.244 e. The van der Waals surface area contributed by atoms with Gasteiger partial charge in [0.1, 0.15) is 16.0 Å². The zero-order valence-electron chi connectivity index (χ0n) is 11.1. The van der Waals surface area contributed by atoms with Crippen LogP contribution in [0.5, 0.6) is 0 Å². The summed E-state index contributed by atoms with van der Waals surface area (Å²) in [5.41, 5.74) is 0.988. The summed E-state index contributed by atoms with van der Waals surface area (Å²) in [4.78, 5) is 5.45. The zero-order valence-corrected chi connectivity index (χ0v) is 12.7. The lowest BCUT2D eigenvalue weighted by Crippen LogP contribution is -2.08. The maximum atomic E-state index is 9.11. The maximum Gasteiger partial charge on any atom is 0.128 e. The minimum atomic E-state index is 0.351. The van der Waals surface area contributed by atoms with Gasteiger partial charge in [0.2, 0.25) is 0 Å². The van der Waals surface area contributed by atoms with E-state index in [4.69, 9.17) is 5.26 Å². The first kappa shape index (κ1) is 13.9. The quantitative estimate of drug-likeness (QED) is 0.802. The van der Waals surface area contributed by atoms with E-state index >= 15 is 0 Å². The van der Waals surface area contributed by atoms with Crippen LogP contribution in [-0.4, -0.2) is 10.2 Å². The van der Waals surface area contributed by atoms with Crippen LogP contribution < -0.4 is 0 Å². The fraction of sp³-hybridized carbons (Fsp3) is 0.714. The van der Waals surface area contributed by atoms with E-state index in [2.05, 4.69) is 24.9 Å². The molecule has 0 aliphatic heterocycles. The van der Waals surface area contributed by atoms with Crippen molar-refractivity contribution < 1.29 is 0 Å². The summed E-state index contributed by atoms with van der Waals surface area (Å²) in [6.07, 6.45) is 6.90. The van der Waals surface area contributed by atoms with Gasteiger partial charge in [-0.2, -0.15) is 17.0 Å². The molecule has 1 aromatic rings. The molecule has 98 valence electrons. The lowest BCUT2D eigenvalue weighted by atomic mass is 10.0. The first-order chi connectivity index (χ1) is 8.70. The van der Waals surface area contributed by atoms with E-state index in [0.29, 0.717) is 5.92 Å². The molecule has 1 heterocycles. The molecule has 0 unspecified atom stereocenters. The molecule has 1 aliphatic carbocycles. The Labute approximate surface area is 118 Å². The van der Waals surface area contributed by atoms with Gasteiger partial charge in [0, 0.05) is 11.0 Å². The molecule has 1 fully saturated rings. The molecule has 2 nitrogen and oxygen atoms in total. The second-order valence-corrected chi connectivity index (χ2v) is 7.53. The van der Waals surface area contributed by atoms with Gasteiger partial charge >= 0.3 is 0 Å². The maximum absolute atomic E-state index is 9.11. The highest BCUT2D eigenvalue weighted by Gasteiger charge is 2.17. The average Bonchev–Trinajstić information content (AvgIpc) is 2.81. The Morgan fingerprint density at radius 3 is 2.67 bits per heavy atom. The highest BCUT2D eigenvalue weighted by molar-refractivity contribution is 7.99. The summed E-state index contributed by atoms with van der Waals surface area (Å²) in [5.74, 6) is 1.33. The number of thiazole rings is 1. The van der Waals surface area contributed by atoms with Gasteiger partial charge in [-0.1, -0.05) is 33.1 Å². The number of aromatic nitrogens is 1. The van der Waals surface area contributed by atoms with Crippen molar-refractivity contribution >= 4 is 23.1 Å². The topological polar surface area (TPSA) is 36.7 Å². The van der Waals surface area contributed by atoms with Crippen LogP contribution in [0.1, 0.15) is 67.4 Å². The van der Waals surface area contributed by atoms with Crippen molar-refractivity contribution in [3.05, 3.63) is 15.6 Å². The standard InChI is InChI=1S/C14H20N2S2/c1-10(2)14-12(8-15)18-13(16-14)9-17-11-6-4-3-5-7-11/h10-11H,3-7,9H2,1-2H3. The van der Waals surface area contributed by atoms with Crippen LogP contribution in [0.3, 0.4) is 0 Å². The Balaban J connectivity index is 1.95. The Bertz CT molecular complexity index is 425. The van der Waals surface area contributed by atoms with E-state index in [1.54, 1.807) is 11.3 Å². The van der Waals surface area contributed by atoms with E-state index in [0.717, 1.165) is 26.6 Å². The molecule has 1 aliphatic rings. The van der Waals surface area contributed by atoms with Crippen LogP contribution in [0.4, 0.5) is 0 Å². The van der Waals surface area contributed by atoms with E-state index in [1.165, 1.54) is 32.1 Å². The van der Waals surface area contributed by atoms with Gasteiger partial charge in [-0.3, -0.25) is 0 Å². The molecule has 0 radical (unpaired) electrons. The monoisotopic (exact) mass is 280 g/mol. The SMILES string of the molecule is CC(C)c1nc(CSC2CCCCC2)sc1C#N. The molecule has 0 saturated heterocycles. The number of thioether (sulfide) groups is 1. The Morgan fingerprint density at radius 1 is 1.39 bits per heavy atom. The summed E-state index contributed by atoms with van der Waals surface area (Å²) in [7, 11) is 0. The number of hydrogen-bond acceptors (Lipinski definition) is 4. The number of nitriles is 1. The summed E-state index contributed by atoms with van der Waals surface area (Å²) >= 11 is 3.62. The summed E-state index contributed by atoms with van der Waals surface area (Å²) in [6.45, 7) is 4.21. The predicted octanol–water partition coefficient (Wildman–Crippen LogP) is 4.70. The number of rotatable bonds is 4. The van der Waals surface area contributed by atoms with Crippen molar-refractivity contribution in [1.82, 2.24) is 4.98 Å². The van der Waals surface area contributed by atoms with Gasteiger partial charge in [0.25, 0.3) is 0 Å². The number of nitrogens with zero attached hydrogens (tertiary/aromatic N) is 2. The van der Waals surface area contributed by atoms with Crippen LogP contribution in [0.25, 0.3) is 0 Å². The van der Waals surface area contributed by atoms with E-state index in [-0.39, 0.29) is 0 Å².